The van der Waals surface area contributed by atoms with Gasteiger partial charge in [-0.1, -0.05) is 0 Å². The van der Waals surface area contributed by atoms with Gasteiger partial charge in [0.05, 0.1) is 5.41 Å². The molecule has 0 saturated heterocycles. The Morgan fingerprint density at radius 2 is 1.93 bits per heavy atom. The Hall–Kier alpha value is -0.610. The van der Waals surface area contributed by atoms with Gasteiger partial charge < -0.3 is 15.3 Å². The van der Waals surface area contributed by atoms with Crippen molar-refractivity contribution in [1.29, 1.82) is 0 Å². The molecule has 2 N–H and O–H groups in total. The third-order valence-corrected chi connectivity index (χ3v) is 2.35. The standard InChI is InChI=1S/C11H24N2O2/c1-11(2,10(14)15)9-12-7-5-6-8-13(3)4/h12H,5-9H2,1-4H3,(H,14,15). The fourth-order valence-corrected chi connectivity index (χ4v) is 1.15. The van der Waals surface area contributed by atoms with Gasteiger partial charge in [-0.25, -0.2) is 0 Å². The number of nitrogens with zero attached hydrogens (tertiary/aromatic N) is 1. The van der Waals surface area contributed by atoms with Gasteiger partial charge in [0.25, 0.3) is 0 Å². The quantitative estimate of drug-likeness (QED) is 0.595. The molecule has 0 aromatic rings. The number of carboxylic acids is 1. The predicted molar refractivity (Wildman–Crippen MR) is 62.1 cm³/mol. The molecular formula is C11H24N2O2. The van der Waals surface area contributed by atoms with Crippen LogP contribution in [0.15, 0.2) is 0 Å². The minimum Gasteiger partial charge on any atom is -0.481 e. The van der Waals surface area contributed by atoms with Crippen LogP contribution >= 0.6 is 0 Å². The number of aliphatic carboxylic acids is 1. The van der Waals surface area contributed by atoms with Crippen LogP contribution in [0.4, 0.5) is 0 Å². The van der Waals surface area contributed by atoms with Gasteiger partial charge >= 0.3 is 5.97 Å². The Kier molecular flexibility index (Phi) is 6.52. The molecule has 0 radical (unpaired) electrons. The van der Waals surface area contributed by atoms with E-state index in [-0.39, 0.29) is 0 Å². The smallest absolute Gasteiger partial charge is 0.310 e. The summed E-state index contributed by atoms with van der Waals surface area (Å²) in [5.74, 6) is -0.747. The summed E-state index contributed by atoms with van der Waals surface area (Å²) in [7, 11) is 4.11. The first-order valence-corrected chi connectivity index (χ1v) is 5.45. The first-order valence-electron chi connectivity index (χ1n) is 5.45. The molecular weight excluding hydrogens is 192 g/mol. The number of unbranched alkanes of at least 4 members (excludes halogenated alkanes) is 1. The zero-order valence-electron chi connectivity index (χ0n) is 10.3. The summed E-state index contributed by atoms with van der Waals surface area (Å²) in [6.07, 6.45) is 2.24. The third-order valence-electron chi connectivity index (χ3n) is 2.35. The van der Waals surface area contributed by atoms with Crippen molar-refractivity contribution in [2.24, 2.45) is 5.41 Å². The summed E-state index contributed by atoms with van der Waals surface area (Å²) in [5.41, 5.74) is -0.665. The Morgan fingerprint density at radius 3 is 2.40 bits per heavy atom. The normalized spacial score (nSPS) is 12.1. The van der Waals surface area contributed by atoms with E-state index in [1.165, 1.54) is 0 Å². The molecule has 4 nitrogen and oxygen atoms in total. The largest absolute Gasteiger partial charge is 0.481 e. The fourth-order valence-electron chi connectivity index (χ4n) is 1.15. The average molecular weight is 216 g/mol. The lowest BCUT2D eigenvalue weighted by molar-refractivity contribution is -0.146. The number of nitrogens with one attached hydrogen (secondary N) is 1. The fraction of sp³-hybridized carbons (Fsp3) is 0.909. The van der Waals surface area contributed by atoms with Crippen molar-refractivity contribution in [3.63, 3.8) is 0 Å². The molecule has 0 aromatic carbocycles. The highest BCUT2D eigenvalue weighted by atomic mass is 16.4. The van der Waals surface area contributed by atoms with Crippen LogP contribution in [0.2, 0.25) is 0 Å². The maximum atomic E-state index is 10.8. The van der Waals surface area contributed by atoms with Gasteiger partial charge in [0.2, 0.25) is 0 Å². The Balaban J connectivity index is 3.43. The lowest BCUT2D eigenvalue weighted by Gasteiger charge is -2.19. The molecule has 0 rings (SSSR count). The Bertz CT molecular complexity index is 191. The SMILES string of the molecule is CN(C)CCCCNCC(C)(C)C(=O)O. The van der Waals surface area contributed by atoms with Gasteiger partial charge in [-0.3, -0.25) is 4.79 Å². The zero-order chi connectivity index (χ0) is 11.9. The van der Waals surface area contributed by atoms with Crippen molar-refractivity contribution in [2.75, 3.05) is 33.7 Å². The summed E-state index contributed by atoms with van der Waals surface area (Å²) >= 11 is 0. The highest BCUT2D eigenvalue weighted by Gasteiger charge is 2.25. The summed E-state index contributed by atoms with van der Waals surface area (Å²) in [4.78, 5) is 12.9. The molecule has 0 heterocycles. The first-order chi connectivity index (χ1) is 6.86. The number of hydrogen-bond donors (Lipinski definition) is 2. The van der Waals surface area contributed by atoms with E-state index in [4.69, 9.17) is 5.11 Å². The molecule has 0 aliphatic carbocycles. The molecule has 0 aliphatic rings. The monoisotopic (exact) mass is 216 g/mol. The average Bonchev–Trinajstić information content (AvgIpc) is 2.10. The number of hydrogen-bond acceptors (Lipinski definition) is 3. The van der Waals surface area contributed by atoms with Crippen LogP contribution in [0, 0.1) is 5.41 Å². The van der Waals surface area contributed by atoms with Crippen LogP contribution in [0.1, 0.15) is 26.7 Å². The van der Waals surface area contributed by atoms with E-state index in [9.17, 15) is 4.79 Å². The minimum absolute atomic E-state index is 0.532. The molecule has 4 heteroatoms. The van der Waals surface area contributed by atoms with E-state index in [0.29, 0.717) is 6.54 Å². The summed E-state index contributed by atoms with van der Waals surface area (Å²) in [6.45, 7) is 5.99. The van der Waals surface area contributed by atoms with Gasteiger partial charge in [-0.05, 0) is 53.9 Å². The van der Waals surface area contributed by atoms with Gasteiger partial charge in [0.15, 0.2) is 0 Å². The van der Waals surface area contributed by atoms with Gasteiger partial charge in [0.1, 0.15) is 0 Å². The van der Waals surface area contributed by atoms with Crippen LogP contribution < -0.4 is 5.32 Å². The lowest BCUT2D eigenvalue weighted by Crippen LogP contribution is -2.36. The van der Waals surface area contributed by atoms with E-state index < -0.39 is 11.4 Å². The van der Waals surface area contributed by atoms with Crippen molar-refractivity contribution in [2.45, 2.75) is 26.7 Å². The minimum atomic E-state index is -0.747. The zero-order valence-corrected chi connectivity index (χ0v) is 10.3. The summed E-state index contributed by atoms with van der Waals surface area (Å²) < 4.78 is 0. The molecule has 0 fully saturated rings. The topological polar surface area (TPSA) is 52.6 Å². The number of carbonyl (C=O) groups is 1. The molecule has 0 spiro atoms. The van der Waals surface area contributed by atoms with E-state index in [0.717, 1.165) is 25.9 Å². The highest BCUT2D eigenvalue weighted by molar-refractivity contribution is 5.73. The molecule has 0 bridgehead atoms. The van der Waals surface area contributed by atoms with E-state index in [1.54, 1.807) is 13.8 Å². The third kappa shape index (κ3) is 7.33. The molecule has 0 saturated carbocycles. The van der Waals surface area contributed by atoms with Crippen molar-refractivity contribution < 1.29 is 9.90 Å². The second-order valence-corrected chi connectivity index (χ2v) is 4.88. The summed E-state index contributed by atoms with van der Waals surface area (Å²) in [6, 6.07) is 0. The highest BCUT2D eigenvalue weighted by Crippen LogP contribution is 2.12. The van der Waals surface area contributed by atoms with Crippen molar-refractivity contribution >= 4 is 5.97 Å². The van der Waals surface area contributed by atoms with Crippen LogP contribution in [0.5, 0.6) is 0 Å². The first kappa shape index (κ1) is 14.4. The maximum Gasteiger partial charge on any atom is 0.310 e. The number of carboxylic acid groups (broad SMARTS) is 1. The molecule has 0 aromatic heterocycles. The van der Waals surface area contributed by atoms with Crippen molar-refractivity contribution in [3.05, 3.63) is 0 Å². The van der Waals surface area contributed by atoms with Gasteiger partial charge in [-0.15, -0.1) is 0 Å². The lowest BCUT2D eigenvalue weighted by atomic mass is 9.94. The predicted octanol–water partition coefficient (Wildman–Crippen LogP) is 1.03. The van der Waals surface area contributed by atoms with Crippen molar-refractivity contribution in [1.82, 2.24) is 10.2 Å². The molecule has 90 valence electrons. The molecule has 15 heavy (non-hydrogen) atoms. The van der Waals surface area contributed by atoms with E-state index in [1.807, 2.05) is 0 Å². The van der Waals surface area contributed by atoms with Crippen LogP contribution in [0.25, 0.3) is 0 Å². The van der Waals surface area contributed by atoms with E-state index in [2.05, 4.69) is 24.3 Å². The van der Waals surface area contributed by atoms with Gasteiger partial charge in [-0.2, -0.15) is 0 Å². The molecule has 0 aliphatic heterocycles. The second-order valence-electron chi connectivity index (χ2n) is 4.88. The van der Waals surface area contributed by atoms with Gasteiger partial charge in [0, 0.05) is 6.54 Å². The second kappa shape index (κ2) is 6.80. The maximum absolute atomic E-state index is 10.8. The molecule has 0 unspecified atom stereocenters. The Morgan fingerprint density at radius 1 is 1.33 bits per heavy atom. The van der Waals surface area contributed by atoms with Crippen LogP contribution in [-0.4, -0.2) is 49.7 Å². The van der Waals surface area contributed by atoms with Crippen LogP contribution in [0.3, 0.4) is 0 Å². The summed E-state index contributed by atoms with van der Waals surface area (Å²) in [5, 5.41) is 12.1. The number of rotatable bonds is 8. The van der Waals surface area contributed by atoms with Crippen molar-refractivity contribution in [3.8, 4) is 0 Å². The van der Waals surface area contributed by atoms with E-state index >= 15 is 0 Å². The molecule has 0 amide bonds. The molecule has 0 atom stereocenters. The van der Waals surface area contributed by atoms with Crippen LogP contribution in [-0.2, 0) is 4.79 Å². The Labute approximate surface area is 92.7 Å².